The molecule has 1 unspecified atom stereocenters. The van der Waals surface area contributed by atoms with Crippen molar-refractivity contribution in [1.82, 2.24) is 0 Å². The topological polar surface area (TPSA) is 20.2 Å². The van der Waals surface area contributed by atoms with Gasteiger partial charge in [0.2, 0.25) is 0 Å². The predicted molar refractivity (Wildman–Crippen MR) is 49.1 cm³/mol. The molecule has 2 heteroatoms. The molecule has 1 aliphatic rings. The molecule has 2 rings (SSSR count). The van der Waals surface area contributed by atoms with Crippen molar-refractivity contribution < 1.29 is 5.11 Å². The zero-order valence-electron chi connectivity index (χ0n) is 6.70. The van der Waals surface area contributed by atoms with Crippen LogP contribution < -0.4 is 0 Å². The van der Waals surface area contributed by atoms with Crippen LogP contribution in [0.15, 0.2) is 24.3 Å². The van der Waals surface area contributed by atoms with E-state index in [0.29, 0.717) is 10.9 Å². The molecule has 1 N–H and O–H groups in total. The number of rotatable bonds is 2. The van der Waals surface area contributed by atoms with Gasteiger partial charge in [-0.2, -0.15) is 0 Å². The molecule has 1 aliphatic carbocycles. The first-order valence-electron chi connectivity index (χ1n) is 4.21. The second-order valence-electron chi connectivity index (χ2n) is 3.34. The molecule has 0 heterocycles. The average molecular weight is 183 g/mol. The van der Waals surface area contributed by atoms with E-state index in [2.05, 4.69) is 0 Å². The lowest BCUT2D eigenvalue weighted by Crippen LogP contribution is -1.98. The van der Waals surface area contributed by atoms with Gasteiger partial charge in [0.1, 0.15) is 0 Å². The molecule has 1 nitrogen and oxygen atoms in total. The van der Waals surface area contributed by atoms with Crippen molar-refractivity contribution in [1.29, 1.82) is 0 Å². The molecule has 0 aromatic heterocycles. The zero-order chi connectivity index (χ0) is 8.55. The number of hydrogen-bond acceptors (Lipinski definition) is 1. The fraction of sp³-hybridized carbons (Fsp3) is 0.400. The number of aliphatic hydroxyl groups is 1. The van der Waals surface area contributed by atoms with Gasteiger partial charge in [0.05, 0.1) is 6.10 Å². The summed E-state index contributed by atoms with van der Waals surface area (Å²) in [6.07, 6.45) is 1.99. The predicted octanol–water partition coefficient (Wildman–Crippen LogP) is 2.78. The summed E-state index contributed by atoms with van der Waals surface area (Å²) in [6.45, 7) is 0. The molecule has 0 aliphatic heterocycles. The van der Waals surface area contributed by atoms with Crippen LogP contribution in [0.5, 0.6) is 0 Å². The molecule has 0 bridgehead atoms. The van der Waals surface area contributed by atoms with E-state index >= 15 is 0 Å². The van der Waals surface area contributed by atoms with E-state index in [1.54, 1.807) is 0 Å². The van der Waals surface area contributed by atoms with E-state index in [4.69, 9.17) is 11.6 Å². The normalized spacial score (nSPS) is 19.2. The van der Waals surface area contributed by atoms with Crippen molar-refractivity contribution in [2.75, 3.05) is 0 Å². The molecule has 12 heavy (non-hydrogen) atoms. The van der Waals surface area contributed by atoms with Gasteiger partial charge in [-0.1, -0.05) is 23.7 Å². The van der Waals surface area contributed by atoms with E-state index < -0.39 is 0 Å². The maximum Gasteiger partial charge on any atom is 0.0818 e. The molecule has 0 spiro atoms. The van der Waals surface area contributed by atoms with Crippen LogP contribution >= 0.6 is 11.6 Å². The Kier molecular flexibility index (Phi) is 2.07. The van der Waals surface area contributed by atoms with Crippen molar-refractivity contribution >= 4 is 11.6 Å². The minimum Gasteiger partial charge on any atom is -0.388 e. The molecule has 1 aromatic rings. The Hall–Kier alpha value is -0.530. The van der Waals surface area contributed by atoms with Gasteiger partial charge in [-0.25, -0.2) is 0 Å². The van der Waals surface area contributed by atoms with Crippen LogP contribution in [0.2, 0.25) is 5.02 Å². The van der Waals surface area contributed by atoms with Crippen LogP contribution in [0, 0.1) is 5.92 Å². The Labute approximate surface area is 77.0 Å². The third kappa shape index (κ3) is 1.62. The van der Waals surface area contributed by atoms with Crippen LogP contribution in [0.4, 0.5) is 0 Å². The van der Waals surface area contributed by atoms with Crippen LogP contribution in [0.1, 0.15) is 24.5 Å². The van der Waals surface area contributed by atoms with E-state index in [-0.39, 0.29) is 6.10 Å². The highest BCUT2D eigenvalue weighted by atomic mass is 35.5. The number of aliphatic hydroxyl groups excluding tert-OH is 1. The summed E-state index contributed by atoms with van der Waals surface area (Å²) in [5.74, 6) is 0.475. The number of halogens is 1. The fourth-order valence-corrected chi connectivity index (χ4v) is 1.57. The Balaban J connectivity index is 2.20. The molecule has 1 atom stereocenters. The monoisotopic (exact) mass is 182 g/mol. The second-order valence-corrected chi connectivity index (χ2v) is 3.77. The van der Waals surface area contributed by atoms with Gasteiger partial charge in [-0.3, -0.25) is 0 Å². The minimum absolute atomic E-state index is 0.302. The molecule has 64 valence electrons. The summed E-state index contributed by atoms with van der Waals surface area (Å²) in [4.78, 5) is 0. The molecule has 1 saturated carbocycles. The smallest absolute Gasteiger partial charge is 0.0818 e. The van der Waals surface area contributed by atoms with E-state index in [1.165, 1.54) is 0 Å². The van der Waals surface area contributed by atoms with Crippen molar-refractivity contribution in [3.05, 3.63) is 34.9 Å². The third-order valence-electron chi connectivity index (χ3n) is 2.26. The van der Waals surface area contributed by atoms with Gasteiger partial charge < -0.3 is 5.11 Å². The quantitative estimate of drug-likeness (QED) is 0.746. The average Bonchev–Trinajstić information content (AvgIpc) is 2.85. The van der Waals surface area contributed by atoms with Gasteiger partial charge in [0.15, 0.2) is 0 Å². The Morgan fingerprint density at radius 1 is 1.42 bits per heavy atom. The largest absolute Gasteiger partial charge is 0.388 e. The van der Waals surface area contributed by atoms with E-state index in [0.717, 1.165) is 18.4 Å². The van der Waals surface area contributed by atoms with Gasteiger partial charge in [0, 0.05) is 5.02 Å². The highest BCUT2D eigenvalue weighted by Gasteiger charge is 2.30. The molecular weight excluding hydrogens is 172 g/mol. The van der Waals surface area contributed by atoms with Crippen LogP contribution in [-0.2, 0) is 0 Å². The lowest BCUT2D eigenvalue weighted by molar-refractivity contribution is 0.154. The molecule has 0 amide bonds. The Bertz CT molecular complexity index is 281. The van der Waals surface area contributed by atoms with Crippen LogP contribution in [0.25, 0.3) is 0 Å². The molecular formula is C10H11ClO. The number of benzene rings is 1. The summed E-state index contributed by atoms with van der Waals surface area (Å²) >= 11 is 5.80. The third-order valence-corrected chi connectivity index (χ3v) is 2.49. The fourth-order valence-electron chi connectivity index (χ4n) is 1.37. The molecule has 1 fully saturated rings. The van der Waals surface area contributed by atoms with Crippen LogP contribution in [0.3, 0.4) is 0 Å². The summed E-state index contributed by atoms with van der Waals surface area (Å²) in [6, 6.07) is 7.47. The second kappa shape index (κ2) is 3.08. The SMILES string of the molecule is OC(c1cccc(Cl)c1)C1CC1. The van der Waals surface area contributed by atoms with E-state index in [1.807, 2.05) is 24.3 Å². The molecule has 0 radical (unpaired) electrons. The standard InChI is InChI=1S/C10H11ClO/c11-9-3-1-2-8(6-9)10(12)7-4-5-7/h1-3,6-7,10,12H,4-5H2. The first-order valence-corrected chi connectivity index (χ1v) is 4.59. The van der Waals surface area contributed by atoms with Gasteiger partial charge >= 0.3 is 0 Å². The first kappa shape index (κ1) is 8.09. The Morgan fingerprint density at radius 3 is 2.75 bits per heavy atom. The summed E-state index contributed by atoms with van der Waals surface area (Å²) in [7, 11) is 0. The maximum absolute atomic E-state index is 9.73. The van der Waals surface area contributed by atoms with Crippen molar-refractivity contribution in [3.8, 4) is 0 Å². The minimum atomic E-state index is -0.302. The van der Waals surface area contributed by atoms with Crippen molar-refractivity contribution in [2.24, 2.45) is 5.92 Å². The molecule has 1 aromatic carbocycles. The van der Waals surface area contributed by atoms with Crippen molar-refractivity contribution in [3.63, 3.8) is 0 Å². The Morgan fingerprint density at radius 2 is 2.17 bits per heavy atom. The summed E-state index contributed by atoms with van der Waals surface area (Å²) in [5, 5.41) is 10.4. The lowest BCUT2D eigenvalue weighted by Gasteiger charge is -2.08. The van der Waals surface area contributed by atoms with Gasteiger partial charge in [0.25, 0.3) is 0 Å². The first-order chi connectivity index (χ1) is 5.77. The zero-order valence-corrected chi connectivity index (χ0v) is 7.46. The van der Waals surface area contributed by atoms with Crippen LogP contribution in [-0.4, -0.2) is 5.11 Å². The lowest BCUT2D eigenvalue weighted by atomic mass is 10.1. The highest BCUT2D eigenvalue weighted by molar-refractivity contribution is 6.30. The van der Waals surface area contributed by atoms with Crippen molar-refractivity contribution in [2.45, 2.75) is 18.9 Å². The number of hydrogen-bond donors (Lipinski definition) is 1. The highest BCUT2D eigenvalue weighted by Crippen LogP contribution is 2.41. The van der Waals surface area contributed by atoms with E-state index in [9.17, 15) is 5.11 Å². The van der Waals surface area contributed by atoms with Gasteiger partial charge in [-0.05, 0) is 36.5 Å². The maximum atomic E-state index is 9.73. The molecule has 0 saturated heterocycles. The summed E-state index contributed by atoms with van der Waals surface area (Å²) < 4.78 is 0. The summed E-state index contributed by atoms with van der Waals surface area (Å²) in [5.41, 5.74) is 0.949. The van der Waals surface area contributed by atoms with Gasteiger partial charge in [-0.15, -0.1) is 0 Å².